The number of hydrogen-bond acceptors (Lipinski definition) is 8. The molecule has 0 atom stereocenters. The van der Waals surface area contributed by atoms with E-state index in [1.165, 1.54) is 11.3 Å². The third-order valence-corrected chi connectivity index (χ3v) is 8.62. The van der Waals surface area contributed by atoms with Gasteiger partial charge < -0.3 is 10.1 Å². The lowest BCUT2D eigenvalue weighted by Gasteiger charge is -2.43. The van der Waals surface area contributed by atoms with Crippen LogP contribution in [0.3, 0.4) is 0 Å². The summed E-state index contributed by atoms with van der Waals surface area (Å²) in [5.41, 5.74) is 7.18. The van der Waals surface area contributed by atoms with Crippen molar-refractivity contribution in [2.24, 2.45) is 0 Å². The van der Waals surface area contributed by atoms with Gasteiger partial charge in [0.25, 0.3) is 0 Å². The van der Waals surface area contributed by atoms with Crippen molar-refractivity contribution < 1.29 is 9.53 Å². The number of thiazole rings is 1. The number of ether oxygens (including phenoxy) is 1. The van der Waals surface area contributed by atoms with Crippen molar-refractivity contribution >= 4 is 28.3 Å². The molecular weight excluding hydrogens is 570 g/mol. The Bertz CT molecular complexity index is 1940. The van der Waals surface area contributed by atoms with Crippen molar-refractivity contribution in [1.29, 1.82) is 0 Å². The molecule has 220 valence electrons. The zero-order valence-corrected chi connectivity index (χ0v) is 25.5. The average Bonchev–Trinajstić information content (AvgIpc) is 3.71. The Balaban J connectivity index is 1.29. The lowest BCUT2D eigenvalue weighted by Crippen LogP contribution is -2.52. The first-order valence-electron chi connectivity index (χ1n) is 14.6. The number of amides is 1. The van der Waals surface area contributed by atoms with Crippen molar-refractivity contribution in [3.05, 3.63) is 90.2 Å². The Morgan fingerprint density at radius 2 is 1.77 bits per heavy atom. The van der Waals surface area contributed by atoms with Gasteiger partial charge in [-0.25, -0.2) is 14.8 Å². The fourth-order valence-electron chi connectivity index (χ4n) is 5.61. The van der Waals surface area contributed by atoms with E-state index in [1.807, 2.05) is 45.0 Å². The topological polar surface area (TPSA) is 119 Å². The Hall–Kier alpha value is -4.96. The normalized spacial score (nSPS) is 14.2. The minimum Gasteiger partial charge on any atom is -0.444 e. The largest absolute Gasteiger partial charge is 0.444 e. The smallest absolute Gasteiger partial charge is 0.408 e. The van der Waals surface area contributed by atoms with E-state index < -0.39 is 11.1 Å². The second-order valence-corrected chi connectivity index (χ2v) is 12.9. The maximum Gasteiger partial charge on any atom is 0.408 e. The number of pyridine rings is 2. The molecule has 0 aliphatic heterocycles. The molecule has 9 nitrogen and oxygen atoms in total. The van der Waals surface area contributed by atoms with Gasteiger partial charge in [0, 0.05) is 28.9 Å². The van der Waals surface area contributed by atoms with Crippen molar-refractivity contribution in [3.8, 4) is 44.6 Å². The number of aromatic amines is 1. The molecule has 6 aromatic rings. The van der Waals surface area contributed by atoms with E-state index in [9.17, 15) is 4.79 Å². The summed E-state index contributed by atoms with van der Waals surface area (Å²) in [5.74, 6) is 1.15. The summed E-state index contributed by atoms with van der Waals surface area (Å²) in [4.78, 5) is 32.3. The first-order chi connectivity index (χ1) is 21.3. The van der Waals surface area contributed by atoms with Crippen LogP contribution in [0.15, 0.2) is 84.6 Å². The Kier molecular flexibility index (Phi) is 6.93. The molecule has 0 spiro atoms. The van der Waals surface area contributed by atoms with Crippen LogP contribution in [0.25, 0.3) is 55.5 Å². The molecule has 4 heterocycles. The molecule has 1 amide bonds. The van der Waals surface area contributed by atoms with Gasteiger partial charge >= 0.3 is 6.09 Å². The molecule has 0 unspecified atom stereocenters. The third kappa shape index (κ3) is 5.33. The summed E-state index contributed by atoms with van der Waals surface area (Å²) >= 11 is 1.48. The molecule has 0 saturated heterocycles. The van der Waals surface area contributed by atoms with Crippen LogP contribution in [0, 0.1) is 0 Å². The van der Waals surface area contributed by atoms with E-state index in [0.29, 0.717) is 17.3 Å². The van der Waals surface area contributed by atoms with Gasteiger partial charge in [0.05, 0.1) is 27.1 Å². The fraction of sp³-hybridized carbons (Fsp3) is 0.235. The highest BCUT2D eigenvalue weighted by molar-refractivity contribution is 7.13. The number of aromatic nitrogens is 6. The van der Waals surface area contributed by atoms with Gasteiger partial charge in [0.2, 0.25) is 0 Å². The van der Waals surface area contributed by atoms with Gasteiger partial charge in [-0.1, -0.05) is 54.6 Å². The Morgan fingerprint density at radius 1 is 0.977 bits per heavy atom. The Labute approximate surface area is 258 Å². The number of hydrogen-bond donors (Lipinski definition) is 2. The van der Waals surface area contributed by atoms with Gasteiger partial charge in [-0.15, -0.1) is 11.3 Å². The Morgan fingerprint density at radius 3 is 2.45 bits per heavy atom. The van der Waals surface area contributed by atoms with Crippen LogP contribution in [0.1, 0.15) is 45.6 Å². The second-order valence-electron chi connectivity index (χ2n) is 12.0. The molecule has 7 rings (SSSR count). The quantitative estimate of drug-likeness (QED) is 0.200. The predicted octanol–water partition coefficient (Wildman–Crippen LogP) is 7.78. The summed E-state index contributed by atoms with van der Waals surface area (Å²) in [5, 5.41) is 11.5. The van der Waals surface area contributed by atoms with Crippen LogP contribution in [0.2, 0.25) is 0 Å². The molecule has 2 N–H and O–H groups in total. The number of nitrogens with zero attached hydrogens (tertiary/aromatic N) is 5. The molecule has 2 aromatic carbocycles. The highest BCUT2D eigenvalue weighted by atomic mass is 32.1. The molecule has 1 saturated carbocycles. The molecular formula is C34H31N7O2S. The van der Waals surface area contributed by atoms with Gasteiger partial charge in [0.15, 0.2) is 11.6 Å². The van der Waals surface area contributed by atoms with Crippen LogP contribution < -0.4 is 5.32 Å². The van der Waals surface area contributed by atoms with Crippen molar-refractivity contribution in [2.45, 2.75) is 51.2 Å². The maximum absolute atomic E-state index is 12.7. The van der Waals surface area contributed by atoms with E-state index in [0.717, 1.165) is 63.0 Å². The van der Waals surface area contributed by atoms with Crippen LogP contribution >= 0.6 is 11.3 Å². The number of benzene rings is 2. The summed E-state index contributed by atoms with van der Waals surface area (Å²) in [6, 6.07) is 22.6. The number of carbonyl (C=O) groups is 1. The van der Waals surface area contributed by atoms with Crippen molar-refractivity contribution in [1.82, 2.24) is 35.5 Å². The monoisotopic (exact) mass is 601 g/mol. The molecule has 1 fully saturated rings. The first kappa shape index (κ1) is 27.8. The van der Waals surface area contributed by atoms with E-state index in [-0.39, 0.29) is 6.09 Å². The standard InChI is InChI=1S/C34H31N7O2S/c1-33(2,3)43-32(42)39-34(15-7-16-34)23-12-10-22(11-13-23)28-24(21-8-5-4-6-9-21)18-25-26(37-28)14-17-36-29(25)31-38-30(40-41-31)27-19-35-20-44-27/h4-6,8-14,17-20H,7,15-16H2,1-3H3,(H,39,42)(H,38,40,41). The number of fused-ring (bicyclic) bond motifs is 1. The molecule has 4 aromatic heterocycles. The highest BCUT2D eigenvalue weighted by Crippen LogP contribution is 2.43. The molecule has 0 bridgehead atoms. The first-order valence-corrected chi connectivity index (χ1v) is 15.4. The number of alkyl carbamates (subject to hydrolysis) is 1. The van der Waals surface area contributed by atoms with Gasteiger partial charge in [-0.05, 0) is 63.3 Å². The molecule has 0 radical (unpaired) electrons. The lowest BCUT2D eigenvalue weighted by atomic mass is 9.71. The fourth-order valence-corrected chi connectivity index (χ4v) is 6.16. The molecule has 1 aliphatic carbocycles. The zero-order valence-electron chi connectivity index (χ0n) is 24.7. The number of carbonyl (C=O) groups excluding carboxylic acids is 1. The van der Waals surface area contributed by atoms with E-state index in [4.69, 9.17) is 14.7 Å². The highest BCUT2D eigenvalue weighted by Gasteiger charge is 2.41. The molecule has 1 aliphatic rings. The average molecular weight is 602 g/mol. The SMILES string of the molecule is CC(C)(C)OC(=O)NC1(c2ccc(-c3nc4ccnc(-c5nc(-c6cncs6)n[nH]5)c4cc3-c3ccccc3)cc2)CCC1. The molecule has 10 heteroatoms. The summed E-state index contributed by atoms with van der Waals surface area (Å²) in [7, 11) is 0. The zero-order chi connectivity index (χ0) is 30.3. The van der Waals surface area contributed by atoms with E-state index in [2.05, 4.69) is 67.9 Å². The minimum atomic E-state index is -0.554. The third-order valence-electron chi connectivity index (χ3n) is 7.85. The van der Waals surface area contributed by atoms with Crippen LogP contribution in [0.5, 0.6) is 0 Å². The number of H-pyrrole nitrogens is 1. The lowest BCUT2D eigenvalue weighted by molar-refractivity contribution is 0.0377. The summed E-state index contributed by atoms with van der Waals surface area (Å²) < 4.78 is 5.57. The van der Waals surface area contributed by atoms with Gasteiger partial charge in [0.1, 0.15) is 11.3 Å². The number of rotatable bonds is 6. The van der Waals surface area contributed by atoms with Gasteiger partial charge in [-0.2, -0.15) is 5.10 Å². The van der Waals surface area contributed by atoms with E-state index >= 15 is 0 Å². The molecule has 44 heavy (non-hydrogen) atoms. The maximum atomic E-state index is 12.7. The second kappa shape index (κ2) is 10.9. The summed E-state index contributed by atoms with van der Waals surface area (Å²) in [6.45, 7) is 5.63. The van der Waals surface area contributed by atoms with Gasteiger partial charge in [-0.3, -0.25) is 15.1 Å². The van der Waals surface area contributed by atoms with Crippen LogP contribution in [0.4, 0.5) is 4.79 Å². The van der Waals surface area contributed by atoms with Crippen molar-refractivity contribution in [2.75, 3.05) is 0 Å². The van der Waals surface area contributed by atoms with Crippen molar-refractivity contribution in [3.63, 3.8) is 0 Å². The van der Waals surface area contributed by atoms with Crippen LogP contribution in [-0.2, 0) is 10.3 Å². The van der Waals surface area contributed by atoms with Crippen LogP contribution in [-0.4, -0.2) is 41.8 Å². The van der Waals surface area contributed by atoms with E-state index in [1.54, 1.807) is 17.9 Å². The summed E-state index contributed by atoms with van der Waals surface area (Å²) in [6.07, 6.45) is 5.90. The minimum absolute atomic E-state index is 0.390. The predicted molar refractivity (Wildman–Crippen MR) is 172 cm³/mol. The number of nitrogens with one attached hydrogen (secondary N) is 2.